The molecule has 0 aliphatic rings. The first kappa shape index (κ1) is 19.4. The number of ether oxygens (including phenoxy) is 1. The van der Waals surface area contributed by atoms with E-state index in [9.17, 15) is 9.59 Å². The Morgan fingerprint density at radius 1 is 1.07 bits per heavy atom. The van der Waals surface area contributed by atoms with Crippen molar-refractivity contribution in [3.63, 3.8) is 0 Å². The molecule has 6 heteroatoms. The van der Waals surface area contributed by atoms with Gasteiger partial charge in [-0.3, -0.25) is 4.98 Å². The van der Waals surface area contributed by atoms with Crippen LogP contribution >= 0.6 is 0 Å². The standard InChI is InChI=1S/C22H21NO5/c1-22(2,3)17-10-16-13(9-19(17)28-12-20(24)25)5-4-6-15(16)18-8-7-14(11-23-18)21(26)27/h4-11H,12H2,1-3H3,(H,24,25)(H,26,27). The van der Waals surface area contributed by atoms with E-state index < -0.39 is 18.5 Å². The monoisotopic (exact) mass is 379 g/mol. The Balaban J connectivity index is 2.17. The topological polar surface area (TPSA) is 96.7 Å². The van der Waals surface area contributed by atoms with Crippen LogP contribution in [0.25, 0.3) is 22.0 Å². The second-order valence-electron chi connectivity index (χ2n) is 7.54. The largest absolute Gasteiger partial charge is 0.482 e. The maximum absolute atomic E-state index is 11.1. The average Bonchev–Trinajstić information content (AvgIpc) is 2.64. The van der Waals surface area contributed by atoms with Gasteiger partial charge in [-0.25, -0.2) is 9.59 Å². The number of rotatable bonds is 5. The lowest BCUT2D eigenvalue weighted by molar-refractivity contribution is -0.139. The van der Waals surface area contributed by atoms with Crippen molar-refractivity contribution in [2.45, 2.75) is 26.2 Å². The van der Waals surface area contributed by atoms with Crippen molar-refractivity contribution in [1.29, 1.82) is 0 Å². The van der Waals surface area contributed by atoms with Gasteiger partial charge in [-0.15, -0.1) is 0 Å². The normalized spacial score (nSPS) is 11.4. The minimum atomic E-state index is -1.03. The number of pyridine rings is 1. The third-order valence-corrected chi connectivity index (χ3v) is 4.43. The van der Waals surface area contributed by atoms with Crippen molar-refractivity contribution in [3.05, 3.63) is 59.8 Å². The van der Waals surface area contributed by atoms with E-state index in [4.69, 9.17) is 14.9 Å². The second kappa shape index (κ2) is 7.31. The summed E-state index contributed by atoms with van der Waals surface area (Å²) in [6.07, 6.45) is 1.34. The Morgan fingerprint density at radius 3 is 2.39 bits per heavy atom. The van der Waals surface area contributed by atoms with Gasteiger partial charge in [-0.2, -0.15) is 0 Å². The van der Waals surface area contributed by atoms with E-state index in [2.05, 4.69) is 4.98 Å². The molecule has 0 aliphatic carbocycles. The molecule has 0 aliphatic heterocycles. The fraction of sp³-hybridized carbons (Fsp3) is 0.227. The minimum Gasteiger partial charge on any atom is -0.482 e. The van der Waals surface area contributed by atoms with E-state index in [1.165, 1.54) is 12.3 Å². The van der Waals surface area contributed by atoms with Gasteiger partial charge in [0, 0.05) is 17.3 Å². The number of benzene rings is 2. The Kier molecular flexibility index (Phi) is 5.05. The van der Waals surface area contributed by atoms with Crippen molar-refractivity contribution < 1.29 is 24.5 Å². The summed E-state index contributed by atoms with van der Waals surface area (Å²) in [5.41, 5.74) is 2.27. The number of hydrogen-bond donors (Lipinski definition) is 2. The van der Waals surface area contributed by atoms with E-state index in [0.29, 0.717) is 11.4 Å². The lowest BCUT2D eigenvalue weighted by atomic mass is 9.84. The summed E-state index contributed by atoms with van der Waals surface area (Å²) < 4.78 is 5.54. The van der Waals surface area contributed by atoms with Crippen LogP contribution < -0.4 is 4.74 Å². The van der Waals surface area contributed by atoms with Gasteiger partial charge >= 0.3 is 11.9 Å². The van der Waals surface area contributed by atoms with Crippen LogP contribution in [0, 0.1) is 0 Å². The molecule has 28 heavy (non-hydrogen) atoms. The number of aromatic nitrogens is 1. The van der Waals surface area contributed by atoms with E-state index in [-0.39, 0.29) is 11.0 Å². The van der Waals surface area contributed by atoms with Crippen LogP contribution in [0.5, 0.6) is 5.75 Å². The molecular formula is C22H21NO5. The molecule has 0 radical (unpaired) electrons. The number of carbonyl (C=O) groups is 2. The first-order valence-corrected chi connectivity index (χ1v) is 8.78. The van der Waals surface area contributed by atoms with Crippen LogP contribution in [-0.2, 0) is 10.2 Å². The number of hydrogen-bond acceptors (Lipinski definition) is 4. The molecule has 0 bridgehead atoms. The van der Waals surface area contributed by atoms with Crippen molar-refractivity contribution in [1.82, 2.24) is 4.98 Å². The summed E-state index contributed by atoms with van der Waals surface area (Å²) in [7, 11) is 0. The molecule has 3 aromatic rings. The van der Waals surface area contributed by atoms with E-state index >= 15 is 0 Å². The van der Waals surface area contributed by atoms with Gasteiger partial charge in [-0.1, -0.05) is 39.0 Å². The Hall–Kier alpha value is -3.41. The zero-order valence-electron chi connectivity index (χ0n) is 15.9. The highest BCUT2D eigenvalue weighted by Crippen LogP contribution is 2.38. The average molecular weight is 379 g/mol. The Bertz CT molecular complexity index is 1050. The highest BCUT2D eigenvalue weighted by molar-refractivity contribution is 5.98. The van der Waals surface area contributed by atoms with Crippen molar-refractivity contribution in [3.8, 4) is 17.0 Å². The van der Waals surface area contributed by atoms with Gasteiger partial charge in [0.05, 0.1) is 11.3 Å². The quantitative estimate of drug-likeness (QED) is 0.684. The van der Waals surface area contributed by atoms with Gasteiger partial charge in [0.15, 0.2) is 6.61 Å². The molecule has 0 saturated carbocycles. The predicted octanol–water partition coefficient (Wildman–Crippen LogP) is 4.36. The van der Waals surface area contributed by atoms with E-state index in [0.717, 1.165) is 21.9 Å². The maximum Gasteiger partial charge on any atom is 0.341 e. The van der Waals surface area contributed by atoms with Crippen molar-refractivity contribution >= 4 is 22.7 Å². The van der Waals surface area contributed by atoms with Gasteiger partial charge in [0.1, 0.15) is 5.75 Å². The molecular weight excluding hydrogens is 358 g/mol. The first-order valence-electron chi connectivity index (χ1n) is 8.78. The smallest absolute Gasteiger partial charge is 0.341 e. The number of carboxylic acids is 2. The van der Waals surface area contributed by atoms with E-state index in [1.807, 2.05) is 51.1 Å². The van der Waals surface area contributed by atoms with Crippen molar-refractivity contribution in [2.24, 2.45) is 0 Å². The summed E-state index contributed by atoms with van der Waals surface area (Å²) in [6.45, 7) is 5.69. The summed E-state index contributed by atoms with van der Waals surface area (Å²) in [5.74, 6) is -1.52. The third-order valence-electron chi connectivity index (χ3n) is 4.43. The molecule has 1 aromatic heterocycles. The molecule has 0 unspecified atom stereocenters. The van der Waals surface area contributed by atoms with Crippen molar-refractivity contribution in [2.75, 3.05) is 6.61 Å². The number of carboxylic acid groups (broad SMARTS) is 2. The number of nitrogens with zero attached hydrogens (tertiary/aromatic N) is 1. The van der Waals surface area contributed by atoms with Gasteiger partial charge < -0.3 is 14.9 Å². The number of fused-ring (bicyclic) bond motifs is 1. The van der Waals surface area contributed by atoms with Gasteiger partial charge in [-0.05, 0) is 40.5 Å². The fourth-order valence-electron chi connectivity index (χ4n) is 3.05. The summed E-state index contributed by atoms with van der Waals surface area (Å²) >= 11 is 0. The molecule has 0 amide bonds. The zero-order valence-corrected chi connectivity index (χ0v) is 15.9. The Labute approximate surface area is 162 Å². The van der Waals surface area contributed by atoms with Crippen LogP contribution in [0.1, 0.15) is 36.7 Å². The molecule has 144 valence electrons. The summed E-state index contributed by atoms with van der Waals surface area (Å²) in [5, 5.41) is 19.8. The van der Waals surface area contributed by atoms with Gasteiger partial charge in [0.2, 0.25) is 0 Å². The molecule has 2 aromatic carbocycles. The lowest BCUT2D eigenvalue weighted by Crippen LogP contribution is -2.16. The zero-order chi connectivity index (χ0) is 20.5. The molecule has 2 N–H and O–H groups in total. The van der Waals surface area contributed by atoms with E-state index in [1.54, 1.807) is 6.07 Å². The fourth-order valence-corrected chi connectivity index (χ4v) is 3.05. The highest BCUT2D eigenvalue weighted by Gasteiger charge is 2.21. The highest BCUT2D eigenvalue weighted by atomic mass is 16.5. The molecule has 0 fully saturated rings. The maximum atomic E-state index is 11.1. The molecule has 0 saturated heterocycles. The number of aliphatic carboxylic acids is 1. The third kappa shape index (κ3) is 3.96. The summed E-state index contributed by atoms with van der Waals surface area (Å²) in [4.78, 5) is 26.3. The summed E-state index contributed by atoms with van der Waals surface area (Å²) in [6, 6.07) is 12.8. The molecule has 1 heterocycles. The number of aromatic carboxylic acids is 1. The van der Waals surface area contributed by atoms with Gasteiger partial charge in [0.25, 0.3) is 0 Å². The molecule has 3 rings (SSSR count). The van der Waals surface area contributed by atoms with Crippen LogP contribution in [-0.4, -0.2) is 33.7 Å². The molecule has 0 atom stereocenters. The molecule has 0 spiro atoms. The second-order valence-corrected chi connectivity index (χ2v) is 7.54. The van der Waals surface area contributed by atoms with Crippen LogP contribution in [0.2, 0.25) is 0 Å². The lowest BCUT2D eigenvalue weighted by Gasteiger charge is -2.24. The Morgan fingerprint density at radius 2 is 1.82 bits per heavy atom. The first-order chi connectivity index (χ1) is 13.2. The predicted molar refractivity (Wildman–Crippen MR) is 106 cm³/mol. The van der Waals surface area contributed by atoms with Crippen LogP contribution in [0.3, 0.4) is 0 Å². The van der Waals surface area contributed by atoms with Crippen LogP contribution in [0.4, 0.5) is 0 Å². The van der Waals surface area contributed by atoms with Crippen LogP contribution in [0.15, 0.2) is 48.7 Å². The SMILES string of the molecule is CC(C)(C)c1cc2c(-c3ccc(C(=O)O)cn3)cccc2cc1OCC(=O)O. The minimum absolute atomic E-state index is 0.128. The molecule has 6 nitrogen and oxygen atoms in total.